The third-order valence-corrected chi connectivity index (χ3v) is 1.86. The SMILES string of the molecule is C#CCN1CCCC(N)C1.Cl.Cl. The smallest absolute Gasteiger partial charge is 0.0599 e. The van der Waals surface area contributed by atoms with Crippen LogP contribution in [0.2, 0.25) is 0 Å². The number of hydrogen-bond donors (Lipinski definition) is 1. The van der Waals surface area contributed by atoms with Gasteiger partial charge in [0.05, 0.1) is 6.54 Å². The van der Waals surface area contributed by atoms with Gasteiger partial charge in [0.2, 0.25) is 0 Å². The predicted octanol–water partition coefficient (Wildman–Crippen LogP) is 0.886. The number of rotatable bonds is 1. The Kier molecular flexibility index (Phi) is 9.35. The summed E-state index contributed by atoms with van der Waals surface area (Å²) in [5, 5.41) is 0. The first-order valence-corrected chi connectivity index (χ1v) is 3.74. The molecule has 12 heavy (non-hydrogen) atoms. The molecule has 1 saturated heterocycles. The summed E-state index contributed by atoms with van der Waals surface area (Å²) in [6.45, 7) is 2.86. The molecule has 1 fully saturated rings. The van der Waals surface area contributed by atoms with Crippen LogP contribution in [0.5, 0.6) is 0 Å². The van der Waals surface area contributed by atoms with E-state index < -0.39 is 0 Å². The average Bonchev–Trinajstić information content (AvgIpc) is 1.88. The Labute approximate surface area is 86.7 Å². The number of hydrogen-bond acceptors (Lipinski definition) is 2. The van der Waals surface area contributed by atoms with E-state index in [1.807, 2.05) is 0 Å². The summed E-state index contributed by atoms with van der Waals surface area (Å²) in [5.74, 6) is 2.63. The number of nitrogens with zero attached hydrogens (tertiary/aromatic N) is 1. The lowest BCUT2D eigenvalue weighted by atomic mass is 10.1. The highest BCUT2D eigenvalue weighted by Gasteiger charge is 2.14. The largest absolute Gasteiger partial charge is 0.327 e. The van der Waals surface area contributed by atoms with E-state index in [0.29, 0.717) is 6.04 Å². The second-order valence-corrected chi connectivity index (χ2v) is 2.84. The molecule has 0 spiro atoms. The van der Waals surface area contributed by atoms with Gasteiger partial charge in [-0.2, -0.15) is 0 Å². The van der Waals surface area contributed by atoms with Gasteiger partial charge in [-0.05, 0) is 19.4 Å². The Morgan fingerprint density at radius 2 is 2.17 bits per heavy atom. The second-order valence-electron chi connectivity index (χ2n) is 2.84. The molecule has 72 valence electrons. The normalized spacial score (nSPS) is 23.2. The van der Waals surface area contributed by atoms with E-state index in [4.69, 9.17) is 12.2 Å². The molecule has 0 bridgehead atoms. The van der Waals surface area contributed by atoms with Crippen LogP contribution >= 0.6 is 24.8 Å². The molecular weight excluding hydrogens is 195 g/mol. The van der Waals surface area contributed by atoms with Crippen LogP contribution < -0.4 is 5.73 Å². The quantitative estimate of drug-likeness (QED) is 0.652. The summed E-state index contributed by atoms with van der Waals surface area (Å²) in [6.07, 6.45) is 7.52. The molecule has 1 aliphatic rings. The van der Waals surface area contributed by atoms with Crippen LogP contribution in [-0.4, -0.2) is 30.6 Å². The fraction of sp³-hybridized carbons (Fsp3) is 0.750. The van der Waals surface area contributed by atoms with Gasteiger partial charge >= 0.3 is 0 Å². The number of terminal acetylenes is 1. The van der Waals surface area contributed by atoms with Gasteiger partial charge in [0.25, 0.3) is 0 Å². The Hall–Kier alpha value is 0.0600. The molecule has 0 radical (unpaired) electrons. The van der Waals surface area contributed by atoms with Gasteiger partial charge in [-0.15, -0.1) is 31.2 Å². The summed E-state index contributed by atoms with van der Waals surface area (Å²) in [5.41, 5.74) is 5.75. The van der Waals surface area contributed by atoms with Crippen molar-refractivity contribution >= 4 is 24.8 Å². The van der Waals surface area contributed by atoms with E-state index in [1.54, 1.807) is 0 Å². The summed E-state index contributed by atoms with van der Waals surface area (Å²) in [4.78, 5) is 2.23. The molecule has 0 aromatic heterocycles. The first kappa shape index (κ1) is 14.6. The second kappa shape index (κ2) is 7.70. The molecule has 2 N–H and O–H groups in total. The predicted molar refractivity (Wildman–Crippen MR) is 57.0 cm³/mol. The van der Waals surface area contributed by atoms with Crippen LogP contribution in [0, 0.1) is 12.3 Å². The van der Waals surface area contributed by atoms with E-state index in [0.717, 1.165) is 26.1 Å². The lowest BCUT2D eigenvalue weighted by Gasteiger charge is -2.28. The average molecular weight is 211 g/mol. The summed E-state index contributed by atoms with van der Waals surface area (Å²) in [6, 6.07) is 0.349. The van der Waals surface area contributed by atoms with Crippen LogP contribution in [-0.2, 0) is 0 Å². The highest BCUT2D eigenvalue weighted by molar-refractivity contribution is 5.85. The van der Waals surface area contributed by atoms with Crippen molar-refractivity contribution in [3.8, 4) is 12.3 Å². The fourth-order valence-corrected chi connectivity index (χ4v) is 1.36. The van der Waals surface area contributed by atoms with Gasteiger partial charge in [0.1, 0.15) is 0 Å². The van der Waals surface area contributed by atoms with E-state index in [1.165, 1.54) is 6.42 Å². The highest BCUT2D eigenvalue weighted by atomic mass is 35.5. The van der Waals surface area contributed by atoms with Crippen molar-refractivity contribution in [1.82, 2.24) is 4.90 Å². The molecule has 1 aliphatic heterocycles. The van der Waals surface area contributed by atoms with Crippen LogP contribution in [0.25, 0.3) is 0 Å². The summed E-state index contributed by atoms with van der Waals surface area (Å²) in [7, 11) is 0. The Bertz CT molecular complexity index is 144. The van der Waals surface area contributed by atoms with Crippen molar-refractivity contribution in [2.24, 2.45) is 5.73 Å². The van der Waals surface area contributed by atoms with Crippen molar-refractivity contribution in [3.05, 3.63) is 0 Å². The molecule has 2 nitrogen and oxygen atoms in total. The molecule has 1 unspecified atom stereocenters. The molecule has 1 atom stereocenters. The van der Waals surface area contributed by atoms with Gasteiger partial charge < -0.3 is 5.73 Å². The van der Waals surface area contributed by atoms with Gasteiger partial charge in [0, 0.05) is 12.6 Å². The van der Waals surface area contributed by atoms with Gasteiger partial charge in [-0.1, -0.05) is 5.92 Å². The maximum absolute atomic E-state index is 5.75. The van der Waals surface area contributed by atoms with Crippen molar-refractivity contribution in [2.75, 3.05) is 19.6 Å². The Morgan fingerprint density at radius 1 is 1.50 bits per heavy atom. The Morgan fingerprint density at radius 3 is 2.67 bits per heavy atom. The van der Waals surface area contributed by atoms with Crippen molar-refractivity contribution in [2.45, 2.75) is 18.9 Å². The van der Waals surface area contributed by atoms with Crippen LogP contribution in [0.1, 0.15) is 12.8 Å². The molecule has 0 aromatic carbocycles. The lowest BCUT2D eigenvalue weighted by Crippen LogP contribution is -2.42. The monoisotopic (exact) mass is 210 g/mol. The number of nitrogens with two attached hydrogens (primary N) is 1. The van der Waals surface area contributed by atoms with Crippen molar-refractivity contribution in [3.63, 3.8) is 0 Å². The fourth-order valence-electron chi connectivity index (χ4n) is 1.36. The third kappa shape index (κ3) is 4.84. The first-order chi connectivity index (χ1) is 4.83. The third-order valence-electron chi connectivity index (χ3n) is 1.86. The summed E-state index contributed by atoms with van der Waals surface area (Å²) < 4.78 is 0. The first-order valence-electron chi connectivity index (χ1n) is 3.74. The molecule has 1 rings (SSSR count). The minimum Gasteiger partial charge on any atom is -0.327 e. The van der Waals surface area contributed by atoms with Crippen LogP contribution in [0.15, 0.2) is 0 Å². The van der Waals surface area contributed by atoms with Crippen LogP contribution in [0.3, 0.4) is 0 Å². The molecule has 1 heterocycles. The van der Waals surface area contributed by atoms with Gasteiger partial charge in [-0.25, -0.2) is 0 Å². The zero-order valence-corrected chi connectivity index (χ0v) is 8.66. The maximum Gasteiger partial charge on any atom is 0.0599 e. The van der Waals surface area contributed by atoms with Crippen LogP contribution in [0.4, 0.5) is 0 Å². The zero-order valence-electron chi connectivity index (χ0n) is 7.03. The molecule has 0 saturated carbocycles. The van der Waals surface area contributed by atoms with Crippen molar-refractivity contribution < 1.29 is 0 Å². The van der Waals surface area contributed by atoms with E-state index >= 15 is 0 Å². The lowest BCUT2D eigenvalue weighted by molar-refractivity contribution is 0.232. The van der Waals surface area contributed by atoms with E-state index in [-0.39, 0.29) is 24.8 Å². The summed E-state index contributed by atoms with van der Waals surface area (Å²) >= 11 is 0. The molecule has 4 heteroatoms. The minimum atomic E-state index is 0. The minimum absolute atomic E-state index is 0. The van der Waals surface area contributed by atoms with Gasteiger partial charge in [0.15, 0.2) is 0 Å². The molecule has 0 aliphatic carbocycles. The molecule has 0 amide bonds. The highest BCUT2D eigenvalue weighted by Crippen LogP contribution is 2.06. The number of halogens is 2. The standard InChI is InChI=1S/C8H14N2.2ClH/c1-2-5-10-6-3-4-8(9)7-10;;/h1,8H,3-7,9H2;2*1H. The van der Waals surface area contributed by atoms with E-state index in [2.05, 4.69) is 10.8 Å². The maximum atomic E-state index is 5.75. The number of piperidine rings is 1. The van der Waals surface area contributed by atoms with E-state index in [9.17, 15) is 0 Å². The van der Waals surface area contributed by atoms with Crippen molar-refractivity contribution in [1.29, 1.82) is 0 Å². The zero-order chi connectivity index (χ0) is 7.40. The Balaban J connectivity index is 0. The van der Waals surface area contributed by atoms with Gasteiger partial charge in [-0.3, -0.25) is 4.90 Å². The number of likely N-dealkylation sites (tertiary alicyclic amines) is 1. The molecule has 0 aromatic rings. The topological polar surface area (TPSA) is 29.3 Å². The molecular formula is C8H16Cl2N2.